The van der Waals surface area contributed by atoms with Gasteiger partial charge >= 0.3 is 0 Å². The molecular weight excluding hydrogens is 262 g/mol. The van der Waals surface area contributed by atoms with Crippen LogP contribution in [0.1, 0.15) is 16.1 Å². The normalized spacial score (nSPS) is 18.7. The second kappa shape index (κ2) is 5.14. The number of likely N-dealkylation sites (N-methyl/N-ethyl adjacent to an activating group) is 1. The maximum absolute atomic E-state index is 12.4. The summed E-state index contributed by atoms with van der Waals surface area (Å²) in [5.74, 6) is 0.734. The number of aromatic nitrogens is 1. The summed E-state index contributed by atoms with van der Waals surface area (Å²) >= 11 is 1.37. The minimum Gasteiger partial charge on any atom is -0.462 e. The molecule has 1 fully saturated rings. The number of rotatable bonds is 3. The Morgan fingerprint density at radius 2 is 2.53 bits per heavy atom. The zero-order chi connectivity index (χ0) is 13.2. The molecule has 5 nitrogen and oxygen atoms in total. The largest absolute Gasteiger partial charge is 0.462 e. The number of thiazole rings is 1. The fourth-order valence-corrected chi connectivity index (χ4v) is 3.06. The van der Waals surface area contributed by atoms with E-state index in [2.05, 4.69) is 10.3 Å². The van der Waals surface area contributed by atoms with Crippen molar-refractivity contribution in [1.82, 2.24) is 15.2 Å². The predicted octanol–water partition coefficient (Wildman–Crippen LogP) is 1.84. The van der Waals surface area contributed by atoms with Crippen molar-refractivity contribution in [3.05, 3.63) is 29.5 Å². The molecule has 0 spiro atoms. The van der Waals surface area contributed by atoms with Gasteiger partial charge in [-0.3, -0.25) is 4.79 Å². The number of furan rings is 1. The summed E-state index contributed by atoms with van der Waals surface area (Å²) < 4.78 is 5.29. The third-order valence-electron chi connectivity index (χ3n) is 3.35. The van der Waals surface area contributed by atoms with Gasteiger partial charge in [0, 0.05) is 19.6 Å². The monoisotopic (exact) mass is 277 g/mol. The van der Waals surface area contributed by atoms with Crippen molar-refractivity contribution in [3.63, 3.8) is 0 Å². The van der Waals surface area contributed by atoms with Gasteiger partial charge < -0.3 is 14.6 Å². The molecule has 0 radical (unpaired) electrons. The lowest BCUT2D eigenvalue weighted by Gasteiger charge is -2.22. The molecule has 1 aliphatic rings. The van der Waals surface area contributed by atoms with Crippen molar-refractivity contribution in [3.8, 4) is 10.8 Å². The molecule has 3 rings (SSSR count). The van der Waals surface area contributed by atoms with Gasteiger partial charge in [-0.2, -0.15) is 0 Å². The van der Waals surface area contributed by atoms with E-state index in [4.69, 9.17) is 4.42 Å². The Morgan fingerprint density at radius 3 is 3.21 bits per heavy atom. The quantitative estimate of drug-likeness (QED) is 0.930. The first kappa shape index (κ1) is 12.4. The molecule has 0 bridgehead atoms. The lowest BCUT2D eigenvalue weighted by Crippen LogP contribution is -2.37. The van der Waals surface area contributed by atoms with Crippen molar-refractivity contribution in [2.24, 2.45) is 0 Å². The minimum absolute atomic E-state index is 0.0315. The van der Waals surface area contributed by atoms with Crippen LogP contribution in [0.15, 0.2) is 29.0 Å². The Hall–Kier alpha value is -1.66. The first-order valence-corrected chi connectivity index (χ1v) is 7.05. The topological polar surface area (TPSA) is 58.4 Å². The summed E-state index contributed by atoms with van der Waals surface area (Å²) in [7, 11) is 1.85. The smallest absolute Gasteiger partial charge is 0.265 e. The fourth-order valence-electron chi connectivity index (χ4n) is 2.20. The molecule has 0 aliphatic carbocycles. The van der Waals surface area contributed by atoms with Crippen LogP contribution in [0.5, 0.6) is 0 Å². The highest BCUT2D eigenvalue weighted by Gasteiger charge is 2.25. The van der Waals surface area contributed by atoms with Crippen LogP contribution in [-0.2, 0) is 0 Å². The number of amides is 1. The number of carbonyl (C=O) groups excluding carboxylic acids is 1. The van der Waals surface area contributed by atoms with Gasteiger partial charge in [0.15, 0.2) is 10.8 Å². The third kappa shape index (κ3) is 2.41. The molecule has 1 aliphatic heterocycles. The van der Waals surface area contributed by atoms with E-state index in [1.807, 2.05) is 19.2 Å². The van der Waals surface area contributed by atoms with Gasteiger partial charge in [0.1, 0.15) is 4.88 Å². The van der Waals surface area contributed by atoms with Gasteiger partial charge in [0.2, 0.25) is 0 Å². The van der Waals surface area contributed by atoms with Gasteiger partial charge in [-0.15, -0.1) is 11.3 Å². The maximum atomic E-state index is 12.4. The summed E-state index contributed by atoms with van der Waals surface area (Å²) in [6, 6.07) is 3.94. The third-order valence-corrected chi connectivity index (χ3v) is 4.35. The van der Waals surface area contributed by atoms with Crippen molar-refractivity contribution >= 4 is 17.2 Å². The molecule has 3 heterocycles. The van der Waals surface area contributed by atoms with Crippen LogP contribution in [0.3, 0.4) is 0 Å². The van der Waals surface area contributed by atoms with Crippen LogP contribution in [0.25, 0.3) is 10.8 Å². The van der Waals surface area contributed by atoms with E-state index in [1.54, 1.807) is 17.4 Å². The Bertz CT molecular complexity index is 558. The van der Waals surface area contributed by atoms with Crippen LogP contribution in [0.4, 0.5) is 0 Å². The first-order chi connectivity index (χ1) is 9.25. The molecule has 1 saturated heterocycles. The van der Waals surface area contributed by atoms with E-state index in [0.717, 1.165) is 24.5 Å². The highest BCUT2D eigenvalue weighted by Crippen LogP contribution is 2.26. The average Bonchev–Trinajstić information content (AvgIpc) is 3.16. The summed E-state index contributed by atoms with van der Waals surface area (Å²) in [5.41, 5.74) is 0. The Balaban J connectivity index is 1.76. The molecule has 1 amide bonds. The van der Waals surface area contributed by atoms with Gasteiger partial charge in [0.25, 0.3) is 5.91 Å². The second-order valence-electron chi connectivity index (χ2n) is 4.57. The first-order valence-electron chi connectivity index (χ1n) is 6.23. The van der Waals surface area contributed by atoms with Crippen molar-refractivity contribution < 1.29 is 9.21 Å². The number of nitrogens with zero attached hydrogens (tertiary/aromatic N) is 2. The maximum Gasteiger partial charge on any atom is 0.265 e. The van der Waals surface area contributed by atoms with E-state index < -0.39 is 0 Å². The number of hydrogen-bond acceptors (Lipinski definition) is 5. The molecule has 0 aromatic carbocycles. The van der Waals surface area contributed by atoms with E-state index in [0.29, 0.717) is 10.6 Å². The highest BCUT2D eigenvalue weighted by molar-refractivity contribution is 7.16. The van der Waals surface area contributed by atoms with Crippen molar-refractivity contribution in [2.45, 2.75) is 12.5 Å². The summed E-state index contributed by atoms with van der Waals surface area (Å²) in [5, 5.41) is 4.01. The molecule has 1 N–H and O–H groups in total. The van der Waals surface area contributed by atoms with Gasteiger partial charge in [-0.25, -0.2) is 4.98 Å². The zero-order valence-electron chi connectivity index (χ0n) is 10.6. The Labute approximate surface area is 115 Å². The molecule has 19 heavy (non-hydrogen) atoms. The molecule has 0 saturated carbocycles. The standard InChI is InChI=1S/C13H15N3O2S/c1-16(9-4-5-14-7-9)13(17)11-8-15-12(19-11)10-3-2-6-18-10/h2-3,6,8-9,14H,4-5,7H2,1H3. The fraction of sp³-hybridized carbons (Fsp3) is 0.385. The molecule has 1 atom stereocenters. The molecule has 2 aromatic rings. The zero-order valence-corrected chi connectivity index (χ0v) is 11.4. The van der Waals surface area contributed by atoms with E-state index in [1.165, 1.54) is 11.3 Å². The predicted molar refractivity (Wildman–Crippen MR) is 73.2 cm³/mol. The summed E-state index contributed by atoms with van der Waals surface area (Å²) in [6.45, 7) is 1.84. The van der Waals surface area contributed by atoms with Crippen LogP contribution in [0, 0.1) is 0 Å². The minimum atomic E-state index is 0.0315. The molecule has 2 aromatic heterocycles. The summed E-state index contributed by atoms with van der Waals surface area (Å²) in [4.78, 5) is 19.1. The van der Waals surface area contributed by atoms with Gasteiger partial charge in [0.05, 0.1) is 12.5 Å². The molecular formula is C13H15N3O2S. The molecule has 6 heteroatoms. The molecule has 100 valence electrons. The van der Waals surface area contributed by atoms with Gasteiger partial charge in [-0.1, -0.05) is 0 Å². The lowest BCUT2D eigenvalue weighted by atomic mass is 10.2. The summed E-state index contributed by atoms with van der Waals surface area (Å²) in [6.07, 6.45) is 4.24. The van der Waals surface area contributed by atoms with E-state index in [-0.39, 0.29) is 11.9 Å². The van der Waals surface area contributed by atoms with Crippen molar-refractivity contribution in [1.29, 1.82) is 0 Å². The SMILES string of the molecule is CN(C(=O)c1cnc(-c2ccco2)s1)C1CCNC1. The van der Waals surface area contributed by atoms with Crippen LogP contribution < -0.4 is 5.32 Å². The second-order valence-corrected chi connectivity index (χ2v) is 5.60. The van der Waals surface area contributed by atoms with E-state index >= 15 is 0 Å². The van der Waals surface area contributed by atoms with Crippen LogP contribution in [0.2, 0.25) is 0 Å². The van der Waals surface area contributed by atoms with Gasteiger partial charge in [-0.05, 0) is 25.1 Å². The van der Waals surface area contributed by atoms with Crippen LogP contribution >= 0.6 is 11.3 Å². The van der Waals surface area contributed by atoms with Crippen molar-refractivity contribution in [2.75, 3.05) is 20.1 Å². The Kier molecular flexibility index (Phi) is 3.35. The number of carbonyl (C=O) groups is 1. The molecule has 1 unspecified atom stereocenters. The highest BCUT2D eigenvalue weighted by atomic mass is 32.1. The van der Waals surface area contributed by atoms with E-state index in [9.17, 15) is 4.79 Å². The number of hydrogen-bond donors (Lipinski definition) is 1. The lowest BCUT2D eigenvalue weighted by molar-refractivity contribution is 0.0748. The average molecular weight is 277 g/mol. The Morgan fingerprint density at radius 1 is 1.63 bits per heavy atom. The number of nitrogens with one attached hydrogen (secondary N) is 1. The van der Waals surface area contributed by atoms with Crippen LogP contribution in [-0.4, -0.2) is 42.0 Å².